The molecule has 1 fully saturated rings. The Labute approximate surface area is 113 Å². The van der Waals surface area contributed by atoms with Crippen LogP contribution in [-0.2, 0) is 9.53 Å². The average molecular weight is 264 g/mol. The van der Waals surface area contributed by atoms with Crippen LogP contribution in [-0.4, -0.2) is 36.8 Å². The van der Waals surface area contributed by atoms with Gasteiger partial charge in [0.15, 0.2) is 0 Å². The fourth-order valence-electron chi connectivity index (χ4n) is 2.31. The van der Waals surface area contributed by atoms with E-state index in [1.54, 1.807) is 6.20 Å². The largest absolute Gasteiger partial charge is 0.474 e. The second-order valence-electron chi connectivity index (χ2n) is 4.76. The molecule has 0 atom stereocenters. The van der Waals surface area contributed by atoms with E-state index in [4.69, 9.17) is 9.47 Å². The zero-order chi connectivity index (χ0) is 13.5. The molecule has 19 heavy (non-hydrogen) atoms. The van der Waals surface area contributed by atoms with Crippen molar-refractivity contribution >= 4 is 5.91 Å². The number of amides is 1. The molecule has 1 amide bonds. The maximum Gasteiger partial charge on any atom is 0.246 e. The van der Waals surface area contributed by atoms with Gasteiger partial charge in [0, 0.05) is 25.4 Å². The van der Waals surface area contributed by atoms with E-state index < -0.39 is 0 Å². The number of hydrogen-bond donors (Lipinski definition) is 1. The molecule has 1 N–H and O–H groups in total. The van der Waals surface area contributed by atoms with Gasteiger partial charge in [0.1, 0.15) is 12.7 Å². The highest BCUT2D eigenvalue weighted by Gasteiger charge is 2.23. The number of pyridine rings is 1. The lowest BCUT2D eigenvalue weighted by Crippen LogP contribution is -2.41. The molecule has 0 aromatic carbocycles. The van der Waals surface area contributed by atoms with Crippen LogP contribution in [0.25, 0.3) is 0 Å². The van der Waals surface area contributed by atoms with Gasteiger partial charge in [0.25, 0.3) is 0 Å². The highest BCUT2D eigenvalue weighted by atomic mass is 16.5. The summed E-state index contributed by atoms with van der Waals surface area (Å²) in [4.78, 5) is 15.6. The van der Waals surface area contributed by atoms with Crippen LogP contribution in [0.4, 0.5) is 0 Å². The predicted octanol–water partition coefficient (Wildman–Crippen LogP) is 1.53. The van der Waals surface area contributed by atoms with Crippen LogP contribution in [0.15, 0.2) is 24.4 Å². The molecule has 0 radical (unpaired) electrons. The quantitative estimate of drug-likeness (QED) is 0.876. The highest BCUT2D eigenvalue weighted by Crippen LogP contribution is 2.22. The van der Waals surface area contributed by atoms with E-state index in [-0.39, 0.29) is 24.7 Å². The zero-order valence-electron chi connectivity index (χ0n) is 11.2. The van der Waals surface area contributed by atoms with Crippen molar-refractivity contribution in [1.29, 1.82) is 0 Å². The van der Waals surface area contributed by atoms with Gasteiger partial charge in [-0.2, -0.15) is 0 Å². The Morgan fingerprint density at radius 1 is 1.37 bits per heavy atom. The third-order valence-corrected chi connectivity index (χ3v) is 3.24. The lowest BCUT2D eigenvalue weighted by molar-refractivity contribution is -0.125. The Morgan fingerprint density at radius 2 is 2.16 bits per heavy atom. The minimum Gasteiger partial charge on any atom is -0.474 e. The van der Waals surface area contributed by atoms with Crippen molar-refractivity contribution in [3.63, 3.8) is 0 Å². The normalized spacial score (nSPS) is 22.8. The number of carbonyl (C=O) groups is 1. The van der Waals surface area contributed by atoms with Crippen LogP contribution in [0.1, 0.15) is 25.7 Å². The molecule has 1 saturated carbocycles. The Morgan fingerprint density at radius 3 is 2.79 bits per heavy atom. The van der Waals surface area contributed by atoms with Crippen LogP contribution in [0.5, 0.6) is 5.88 Å². The summed E-state index contributed by atoms with van der Waals surface area (Å²) in [6.07, 6.45) is 5.68. The zero-order valence-corrected chi connectivity index (χ0v) is 11.2. The molecule has 104 valence electrons. The van der Waals surface area contributed by atoms with E-state index in [1.165, 1.54) is 7.11 Å². The third kappa shape index (κ3) is 4.52. The molecule has 1 heterocycles. The topological polar surface area (TPSA) is 60.5 Å². The third-order valence-electron chi connectivity index (χ3n) is 3.24. The van der Waals surface area contributed by atoms with E-state index in [9.17, 15) is 4.79 Å². The molecule has 1 aliphatic rings. The maximum absolute atomic E-state index is 11.4. The Bertz CT molecular complexity index is 389. The van der Waals surface area contributed by atoms with Gasteiger partial charge in [-0.15, -0.1) is 0 Å². The number of aromatic nitrogens is 1. The van der Waals surface area contributed by atoms with Gasteiger partial charge in [-0.25, -0.2) is 4.98 Å². The lowest BCUT2D eigenvalue weighted by Gasteiger charge is -2.29. The predicted molar refractivity (Wildman–Crippen MR) is 70.9 cm³/mol. The number of methoxy groups -OCH3 is 1. The van der Waals surface area contributed by atoms with Crippen molar-refractivity contribution in [1.82, 2.24) is 10.3 Å². The van der Waals surface area contributed by atoms with Crippen molar-refractivity contribution in [2.24, 2.45) is 0 Å². The minimum absolute atomic E-state index is 0.0448. The number of hydrogen-bond acceptors (Lipinski definition) is 4. The Hall–Kier alpha value is -1.62. The number of nitrogens with zero attached hydrogens (tertiary/aromatic N) is 1. The first-order valence-electron chi connectivity index (χ1n) is 6.64. The van der Waals surface area contributed by atoms with E-state index in [2.05, 4.69) is 10.3 Å². The molecule has 5 nitrogen and oxygen atoms in total. The van der Waals surface area contributed by atoms with Crippen molar-refractivity contribution in [3.05, 3.63) is 24.4 Å². The summed E-state index contributed by atoms with van der Waals surface area (Å²) in [5, 5.41) is 2.97. The molecule has 1 aliphatic carbocycles. The van der Waals surface area contributed by atoms with Gasteiger partial charge < -0.3 is 14.8 Å². The SMILES string of the molecule is COCC(=O)NC1CCC(Oc2ccccn2)CC1. The molecule has 0 spiro atoms. The van der Waals surface area contributed by atoms with Crippen molar-refractivity contribution < 1.29 is 14.3 Å². The molecule has 0 bridgehead atoms. The van der Waals surface area contributed by atoms with Crippen molar-refractivity contribution in [3.8, 4) is 5.88 Å². The number of ether oxygens (including phenoxy) is 2. The Balaban J connectivity index is 1.72. The molecule has 0 saturated heterocycles. The highest BCUT2D eigenvalue weighted by molar-refractivity contribution is 5.77. The monoisotopic (exact) mass is 264 g/mol. The van der Waals surface area contributed by atoms with E-state index in [0.29, 0.717) is 5.88 Å². The molecule has 5 heteroatoms. The van der Waals surface area contributed by atoms with Gasteiger partial charge in [-0.1, -0.05) is 6.07 Å². The fourth-order valence-corrected chi connectivity index (χ4v) is 2.31. The minimum atomic E-state index is -0.0448. The van der Waals surface area contributed by atoms with Crippen molar-refractivity contribution in [2.45, 2.75) is 37.8 Å². The summed E-state index contributed by atoms with van der Waals surface area (Å²) in [6, 6.07) is 5.90. The Kier molecular flexibility index (Phi) is 5.15. The second kappa shape index (κ2) is 7.09. The summed E-state index contributed by atoms with van der Waals surface area (Å²) in [5.74, 6) is 0.631. The molecule has 1 aromatic heterocycles. The summed E-state index contributed by atoms with van der Waals surface area (Å²) in [7, 11) is 1.52. The van der Waals surface area contributed by atoms with Gasteiger partial charge in [0.05, 0.1) is 0 Å². The number of rotatable bonds is 5. The van der Waals surface area contributed by atoms with Crippen LogP contribution < -0.4 is 10.1 Å². The first-order valence-corrected chi connectivity index (χ1v) is 6.64. The van der Waals surface area contributed by atoms with Crippen LogP contribution in [0.3, 0.4) is 0 Å². The fraction of sp³-hybridized carbons (Fsp3) is 0.571. The van der Waals surface area contributed by atoms with Gasteiger partial charge >= 0.3 is 0 Å². The van der Waals surface area contributed by atoms with E-state index >= 15 is 0 Å². The number of nitrogens with one attached hydrogen (secondary N) is 1. The summed E-state index contributed by atoms with van der Waals surface area (Å²) in [5.41, 5.74) is 0. The maximum atomic E-state index is 11.4. The molecular formula is C14H20N2O3. The van der Waals surface area contributed by atoms with Gasteiger partial charge in [-0.05, 0) is 31.7 Å². The molecule has 0 aliphatic heterocycles. The first kappa shape index (κ1) is 13.8. The lowest BCUT2D eigenvalue weighted by atomic mass is 9.93. The smallest absolute Gasteiger partial charge is 0.246 e. The van der Waals surface area contributed by atoms with Gasteiger partial charge in [-0.3, -0.25) is 4.79 Å². The van der Waals surface area contributed by atoms with Gasteiger partial charge in [0.2, 0.25) is 11.8 Å². The number of carbonyl (C=O) groups excluding carboxylic acids is 1. The summed E-state index contributed by atoms with van der Waals surface area (Å²) >= 11 is 0. The van der Waals surface area contributed by atoms with Crippen molar-refractivity contribution in [2.75, 3.05) is 13.7 Å². The molecule has 1 aromatic rings. The van der Waals surface area contributed by atoms with Crippen LogP contribution in [0, 0.1) is 0 Å². The molecular weight excluding hydrogens is 244 g/mol. The molecule has 2 rings (SSSR count). The van der Waals surface area contributed by atoms with E-state index in [0.717, 1.165) is 25.7 Å². The summed E-state index contributed by atoms with van der Waals surface area (Å²) in [6.45, 7) is 0.129. The standard InChI is InChI=1S/C14H20N2O3/c1-18-10-13(17)16-11-5-7-12(8-6-11)19-14-4-2-3-9-15-14/h2-4,9,11-12H,5-8,10H2,1H3,(H,16,17). The average Bonchev–Trinajstić information content (AvgIpc) is 2.42. The van der Waals surface area contributed by atoms with Crippen LogP contribution >= 0.6 is 0 Å². The first-order chi connectivity index (χ1) is 9.28. The summed E-state index contributed by atoms with van der Waals surface area (Å²) < 4.78 is 10.6. The molecule has 0 unspecified atom stereocenters. The second-order valence-corrected chi connectivity index (χ2v) is 4.76. The van der Waals surface area contributed by atoms with Crippen LogP contribution in [0.2, 0.25) is 0 Å². The van der Waals surface area contributed by atoms with E-state index in [1.807, 2.05) is 18.2 Å².